The van der Waals surface area contributed by atoms with Gasteiger partial charge in [0.1, 0.15) is 0 Å². The Balaban J connectivity index is 0.00000450. The van der Waals surface area contributed by atoms with E-state index in [4.69, 9.17) is 0 Å². The third kappa shape index (κ3) is 8.00. The van der Waals surface area contributed by atoms with Crippen LogP contribution in [0.2, 0.25) is 0 Å². The zero-order chi connectivity index (χ0) is 21.6. The van der Waals surface area contributed by atoms with Crippen molar-refractivity contribution in [1.29, 1.82) is 0 Å². The molecular formula is C22H39IN4O2S. The Morgan fingerprint density at radius 2 is 1.87 bits per heavy atom. The van der Waals surface area contributed by atoms with Crippen molar-refractivity contribution >= 4 is 39.8 Å². The fourth-order valence-corrected chi connectivity index (χ4v) is 4.95. The van der Waals surface area contributed by atoms with Gasteiger partial charge in [-0.3, -0.25) is 9.89 Å². The highest BCUT2D eigenvalue weighted by Crippen LogP contribution is 2.21. The van der Waals surface area contributed by atoms with Gasteiger partial charge in [-0.15, -0.1) is 24.0 Å². The first kappa shape index (κ1) is 27.2. The topological polar surface area (TPSA) is 73.8 Å². The van der Waals surface area contributed by atoms with Gasteiger partial charge in [0.05, 0.1) is 4.90 Å². The largest absolute Gasteiger partial charge is 0.355 e. The summed E-state index contributed by atoms with van der Waals surface area (Å²) >= 11 is 0. The highest BCUT2D eigenvalue weighted by atomic mass is 127. The molecule has 1 aromatic rings. The van der Waals surface area contributed by atoms with Gasteiger partial charge in [0.2, 0.25) is 0 Å². The van der Waals surface area contributed by atoms with Crippen molar-refractivity contribution in [3.8, 4) is 0 Å². The number of likely N-dealkylation sites (tertiary alicyclic amines) is 1. The SMILES string of the molecule is CN=C(NCc1ccc(S(C)(=O)=O)c(C)c1)NCC(C(C)C)N1CCC(C)CC1.I. The predicted octanol–water partition coefficient (Wildman–Crippen LogP) is 3.44. The van der Waals surface area contributed by atoms with E-state index in [-0.39, 0.29) is 24.0 Å². The van der Waals surface area contributed by atoms with Crippen LogP contribution in [-0.4, -0.2) is 58.3 Å². The van der Waals surface area contributed by atoms with Crippen molar-refractivity contribution in [1.82, 2.24) is 15.5 Å². The molecule has 0 aliphatic carbocycles. The third-order valence-corrected chi connectivity index (χ3v) is 7.11. The van der Waals surface area contributed by atoms with Crippen molar-refractivity contribution < 1.29 is 8.42 Å². The van der Waals surface area contributed by atoms with Gasteiger partial charge >= 0.3 is 0 Å². The normalized spacial score (nSPS) is 17.5. The van der Waals surface area contributed by atoms with Gasteiger partial charge in [-0.25, -0.2) is 8.42 Å². The van der Waals surface area contributed by atoms with Gasteiger partial charge in [0.25, 0.3) is 0 Å². The van der Waals surface area contributed by atoms with Crippen LogP contribution in [0, 0.1) is 18.8 Å². The smallest absolute Gasteiger partial charge is 0.191 e. The van der Waals surface area contributed by atoms with Gasteiger partial charge in [0.15, 0.2) is 15.8 Å². The number of aliphatic imine (C=N–C) groups is 1. The maximum absolute atomic E-state index is 11.8. The molecule has 0 aromatic heterocycles. The monoisotopic (exact) mass is 550 g/mol. The minimum atomic E-state index is -3.19. The minimum Gasteiger partial charge on any atom is -0.355 e. The molecule has 1 unspecified atom stereocenters. The quantitative estimate of drug-likeness (QED) is 0.309. The second kappa shape index (κ2) is 12.2. The Kier molecular flexibility index (Phi) is 11.1. The zero-order valence-corrected chi connectivity index (χ0v) is 22.4. The van der Waals surface area contributed by atoms with Crippen LogP contribution in [0.4, 0.5) is 0 Å². The predicted molar refractivity (Wildman–Crippen MR) is 137 cm³/mol. The molecule has 8 heteroatoms. The van der Waals surface area contributed by atoms with Crippen LogP contribution in [0.15, 0.2) is 28.1 Å². The Morgan fingerprint density at radius 1 is 1.23 bits per heavy atom. The zero-order valence-electron chi connectivity index (χ0n) is 19.2. The Bertz CT molecular complexity index is 803. The highest BCUT2D eigenvalue weighted by Gasteiger charge is 2.25. The highest BCUT2D eigenvalue weighted by molar-refractivity contribution is 14.0. The first-order valence-electron chi connectivity index (χ1n) is 10.6. The number of aryl methyl sites for hydroxylation is 1. The fraction of sp³-hybridized carbons (Fsp3) is 0.682. The van der Waals surface area contributed by atoms with E-state index in [1.54, 1.807) is 13.1 Å². The number of hydrogen-bond donors (Lipinski definition) is 2. The molecule has 1 aliphatic heterocycles. The van der Waals surface area contributed by atoms with Crippen LogP contribution in [0.3, 0.4) is 0 Å². The van der Waals surface area contributed by atoms with E-state index in [0.29, 0.717) is 23.4 Å². The van der Waals surface area contributed by atoms with E-state index < -0.39 is 9.84 Å². The lowest BCUT2D eigenvalue weighted by atomic mass is 9.94. The van der Waals surface area contributed by atoms with E-state index in [0.717, 1.165) is 29.5 Å². The average Bonchev–Trinajstić information content (AvgIpc) is 2.64. The van der Waals surface area contributed by atoms with Crippen LogP contribution in [-0.2, 0) is 16.4 Å². The van der Waals surface area contributed by atoms with Gasteiger partial charge in [-0.1, -0.05) is 32.9 Å². The number of guanidine groups is 1. The number of halogens is 1. The second-order valence-electron chi connectivity index (χ2n) is 8.71. The molecule has 30 heavy (non-hydrogen) atoms. The first-order chi connectivity index (χ1) is 13.6. The number of rotatable bonds is 7. The molecule has 1 aromatic carbocycles. The van der Waals surface area contributed by atoms with Crippen molar-refractivity contribution in [2.24, 2.45) is 16.8 Å². The number of sulfone groups is 1. The summed E-state index contributed by atoms with van der Waals surface area (Å²) < 4.78 is 23.6. The maximum Gasteiger partial charge on any atom is 0.191 e. The minimum absolute atomic E-state index is 0. The second-order valence-corrected chi connectivity index (χ2v) is 10.7. The van der Waals surface area contributed by atoms with Crippen LogP contribution in [0.5, 0.6) is 0 Å². The first-order valence-corrected chi connectivity index (χ1v) is 12.5. The van der Waals surface area contributed by atoms with E-state index in [1.807, 2.05) is 19.1 Å². The maximum atomic E-state index is 11.8. The van der Waals surface area contributed by atoms with E-state index in [2.05, 4.69) is 41.3 Å². The number of hydrogen-bond acceptors (Lipinski definition) is 4. The van der Waals surface area contributed by atoms with E-state index in [1.165, 1.54) is 32.2 Å². The molecule has 172 valence electrons. The van der Waals surface area contributed by atoms with Gasteiger partial charge in [-0.05, 0) is 61.9 Å². The summed E-state index contributed by atoms with van der Waals surface area (Å²) in [6.07, 6.45) is 3.80. The molecule has 0 radical (unpaired) electrons. The molecule has 1 fully saturated rings. The molecule has 1 saturated heterocycles. The molecular weight excluding hydrogens is 511 g/mol. The Morgan fingerprint density at radius 3 is 2.37 bits per heavy atom. The molecule has 0 amide bonds. The van der Waals surface area contributed by atoms with Crippen molar-refractivity contribution in [2.75, 3.05) is 32.9 Å². The molecule has 1 aliphatic rings. The van der Waals surface area contributed by atoms with Crippen LogP contribution in [0.1, 0.15) is 44.7 Å². The van der Waals surface area contributed by atoms with Crippen LogP contribution in [0.25, 0.3) is 0 Å². The van der Waals surface area contributed by atoms with Crippen LogP contribution < -0.4 is 10.6 Å². The number of nitrogens with zero attached hydrogens (tertiary/aromatic N) is 2. The van der Waals surface area contributed by atoms with Crippen molar-refractivity contribution in [3.63, 3.8) is 0 Å². The standard InChI is InChI=1S/C22H38N4O2S.HI/c1-16(2)20(26-11-9-17(3)10-12-26)15-25-22(23-5)24-14-19-7-8-21(18(4)13-19)29(6,27)28;/h7-8,13,16-17,20H,9-12,14-15H2,1-6H3,(H2,23,24,25);1H. The van der Waals surface area contributed by atoms with Gasteiger partial charge in [0, 0.05) is 32.4 Å². The Hall–Kier alpha value is -0.870. The lowest BCUT2D eigenvalue weighted by molar-refractivity contribution is 0.110. The summed E-state index contributed by atoms with van der Waals surface area (Å²) in [6, 6.07) is 5.94. The molecule has 2 rings (SSSR count). The average molecular weight is 551 g/mol. The summed E-state index contributed by atoms with van der Waals surface area (Å²) in [5.41, 5.74) is 1.80. The molecule has 0 bridgehead atoms. The molecule has 6 nitrogen and oxygen atoms in total. The molecule has 1 heterocycles. The molecule has 2 N–H and O–H groups in total. The summed E-state index contributed by atoms with van der Waals surface area (Å²) in [4.78, 5) is 7.35. The van der Waals surface area contributed by atoms with Crippen molar-refractivity contribution in [3.05, 3.63) is 29.3 Å². The lowest BCUT2D eigenvalue weighted by Crippen LogP contribution is -2.51. The van der Waals surface area contributed by atoms with Crippen molar-refractivity contribution in [2.45, 2.75) is 58.0 Å². The lowest BCUT2D eigenvalue weighted by Gasteiger charge is -2.39. The molecule has 0 saturated carbocycles. The third-order valence-electron chi connectivity index (χ3n) is 5.86. The molecule has 0 spiro atoms. The molecule has 1 atom stereocenters. The number of piperidine rings is 1. The summed E-state index contributed by atoms with van der Waals surface area (Å²) in [5.74, 6) is 2.17. The number of benzene rings is 1. The van der Waals surface area contributed by atoms with Gasteiger partial charge < -0.3 is 10.6 Å². The number of nitrogens with one attached hydrogen (secondary N) is 2. The summed E-state index contributed by atoms with van der Waals surface area (Å²) in [5, 5.41) is 6.83. The Labute approximate surface area is 200 Å². The summed E-state index contributed by atoms with van der Waals surface area (Å²) in [6.45, 7) is 12.5. The van der Waals surface area contributed by atoms with E-state index in [9.17, 15) is 8.42 Å². The fourth-order valence-electron chi connectivity index (χ4n) is 3.99. The van der Waals surface area contributed by atoms with E-state index >= 15 is 0 Å². The van der Waals surface area contributed by atoms with Gasteiger partial charge in [-0.2, -0.15) is 0 Å². The summed E-state index contributed by atoms with van der Waals surface area (Å²) in [7, 11) is -1.41. The van der Waals surface area contributed by atoms with Crippen LogP contribution >= 0.6 is 24.0 Å².